The molecule has 0 aliphatic carbocycles. The summed E-state index contributed by atoms with van der Waals surface area (Å²) in [6.45, 7) is 2.31. The number of halogens is 1. The first-order valence-electron chi connectivity index (χ1n) is 11.5. The molecule has 1 saturated heterocycles. The van der Waals surface area contributed by atoms with Crippen LogP contribution in [0, 0.1) is 5.82 Å². The molecular formula is C26H25FN6O3. The second kappa shape index (κ2) is 10.0. The van der Waals surface area contributed by atoms with Crippen LogP contribution in [0.3, 0.4) is 0 Å². The molecule has 0 unspecified atom stereocenters. The van der Waals surface area contributed by atoms with Gasteiger partial charge in [-0.15, -0.1) is 0 Å². The lowest BCUT2D eigenvalue weighted by Crippen LogP contribution is -2.49. The highest BCUT2D eigenvalue weighted by atomic mass is 19.1. The number of nitrogens with zero attached hydrogens (tertiary/aromatic N) is 5. The van der Waals surface area contributed by atoms with Gasteiger partial charge in [-0.05, 0) is 48.5 Å². The minimum atomic E-state index is -0.291. The fourth-order valence-corrected chi connectivity index (χ4v) is 4.19. The Morgan fingerprint density at radius 1 is 0.917 bits per heavy atom. The highest BCUT2D eigenvalue weighted by Gasteiger charge is 2.25. The lowest BCUT2D eigenvalue weighted by molar-refractivity contribution is 0.0740. The van der Waals surface area contributed by atoms with Crippen LogP contribution in [0.1, 0.15) is 10.5 Å². The van der Waals surface area contributed by atoms with Crippen LogP contribution in [0.15, 0.2) is 60.9 Å². The summed E-state index contributed by atoms with van der Waals surface area (Å²) in [6.07, 6.45) is 1.50. The van der Waals surface area contributed by atoms with E-state index in [0.29, 0.717) is 49.1 Å². The first kappa shape index (κ1) is 23.3. The average molecular weight is 489 g/mol. The van der Waals surface area contributed by atoms with E-state index in [9.17, 15) is 9.18 Å². The van der Waals surface area contributed by atoms with Gasteiger partial charge in [0, 0.05) is 43.4 Å². The highest BCUT2D eigenvalue weighted by Crippen LogP contribution is 2.32. The smallest absolute Gasteiger partial charge is 0.272 e. The molecule has 1 amide bonds. The van der Waals surface area contributed by atoms with Gasteiger partial charge in [-0.3, -0.25) is 9.89 Å². The summed E-state index contributed by atoms with van der Waals surface area (Å²) >= 11 is 0. The Bertz CT molecular complexity index is 1370. The van der Waals surface area contributed by atoms with Crippen molar-refractivity contribution in [2.75, 3.05) is 45.3 Å². The molecule has 2 aromatic heterocycles. The number of benzene rings is 2. The van der Waals surface area contributed by atoms with E-state index in [4.69, 9.17) is 9.47 Å². The average Bonchev–Trinajstić information content (AvgIpc) is 3.43. The maximum absolute atomic E-state index is 13.3. The van der Waals surface area contributed by atoms with E-state index in [0.717, 1.165) is 22.6 Å². The molecule has 9 nitrogen and oxygen atoms in total. The molecule has 0 saturated carbocycles. The molecule has 0 radical (unpaired) electrons. The largest absolute Gasteiger partial charge is 0.497 e. The second-order valence-electron chi connectivity index (χ2n) is 8.28. The summed E-state index contributed by atoms with van der Waals surface area (Å²) in [5.41, 5.74) is 3.27. The van der Waals surface area contributed by atoms with E-state index < -0.39 is 0 Å². The van der Waals surface area contributed by atoms with Gasteiger partial charge >= 0.3 is 0 Å². The van der Waals surface area contributed by atoms with Crippen molar-refractivity contribution in [1.29, 1.82) is 0 Å². The number of rotatable bonds is 6. The number of hydrogen-bond donors (Lipinski definition) is 1. The van der Waals surface area contributed by atoms with Crippen molar-refractivity contribution in [2.24, 2.45) is 0 Å². The fraction of sp³-hybridized carbons (Fsp3) is 0.231. The van der Waals surface area contributed by atoms with E-state index >= 15 is 0 Å². The Balaban J connectivity index is 1.26. The minimum Gasteiger partial charge on any atom is -0.497 e. The number of carbonyl (C=O) groups is 1. The Hall–Kier alpha value is -4.47. The summed E-state index contributed by atoms with van der Waals surface area (Å²) in [7, 11) is 3.18. The summed E-state index contributed by atoms with van der Waals surface area (Å²) < 4.78 is 24.0. The second-order valence-corrected chi connectivity index (χ2v) is 8.28. The third-order valence-electron chi connectivity index (χ3n) is 6.17. The van der Waals surface area contributed by atoms with Crippen LogP contribution in [-0.2, 0) is 0 Å². The van der Waals surface area contributed by atoms with Crippen molar-refractivity contribution in [3.05, 3.63) is 72.4 Å². The zero-order valence-electron chi connectivity index (χ0n) is 19.9. The van der Waals surface area contributed by atoms with Gasteiger partial charge in [0.2, 0.25) is 0 Å². The minimum absolute atomic E-state index is 0.120. The Morgan fingerprint density at radius 3 is 2.42 bits per heavy atom. The molecule has 3 heterocycles. The number of anilines is 1. The molecule has 1 aliphatic heterocycles. The summed E-state index contributed by atoms with van der Waals surface area (Å²) in [5.74, 6) is 1.67. The van der Waals surface area contributed by atoms with Crippen LogP contribution < -0.4 is 14.4 Å². The lowest BCUT2D eigenvalue weighted by Gasteiger charge is -2.35. The predicted octanol–water partition coefficient (Wildman–Crippen LogP) is 3.65. The van der Waals surface area contributed by atoms with Crippen molar-refractivity contribution in [2.45, 2.75) is 0 Å². The number of hydrogen-bond acceptors (Lipinski definition) is 7. The van der Waals surface area contributed by atoms with Crippen LogP contribution >= 0.6 is 0 Å². The van der Waals surface area contributed by atoms with E-state index in [1.807, 2.05) is 12.1 Å². The number of amides is 1. The van der Waals surface area contributed by atoms with Gasteiger partial charge in [0.25, 0.3) is 5.91 Å². The number of methoxy groups -OCH3 is 2. The van der Waals surface area contributed by atoms with E-state index in [2.05, 4.69) is 25.1 Å². The molecule has 184 valence electrons. The van der Waals surface area contributed by atoms with E-state index in [1.54, 1.807) is 49.5 Å². The zero-order valence-corrected chi connectivity index (χ0v) is 19.9. The number of ether oxygens (including phenoxy) is 2. The molecule has 1 N–H and O–H groups in total. The van der Waals surface area contributed by atoms with Crippen molar-refractivity contribution in [3.63, 3.8) is 0 Å². The molecule has 36 heavy (non-hydrogen) atoms. The monoisotopic (exact) mass is 488 g/mol. The van der Waals surface area contributed by atoms with Crippen LogP contribution in [0.5, 0.6) is 11.5 Å². The highest BCUT2D eigenvalue weighted by molar-refractivity contribution is 5.93. The standard InChI is InChI=1S/C26H25FN6O3/c1-35-19-7-8-24(36-2)20(13-19)22-14-23(31-30-22)26(34)33-11-9-32(10-12-33)25-15-21(28-16-29-25)17-3-5-18(27)6-4-17/h3-8,13-16H,9-12H2,1-2H3,(H,30,31). The summed E-state index contributed by atoms with van der Waals surface area (Å²) in [4.78, 5) is 25.8. The van der Waals surface area contributed by atoms with Crippen LogP contribution in [0.2, 0.25) is 0 Å². The number of H-pyrrole nitrogens is 1. The summed E-state index contributed by atoms with van der Waals surface area (Å²) in [5, 5.41) is 7.20. The first-order valence-corrected chi connectivity index (χ1v) is 11.5. The number of nitrogens with one attached hydrogen (secondary N) is 1. The van der Waals surface area contributed by atoms with Crippen LogP contribution in [0.25, 0.3) is 22.5 Å². The maximum atomic E-state index is 13.3. The lowest BCUT2D eigenvalue weighted by atomic mass is 10.1. The summed E-state index contributed by atoms with van der Waals surface area (Å²) in [6, 6.07) is 15.2. The predicted molar refractivity (Wildman–Crippen MR) is 133 cm³/mol. The Morgan fingerprint density at radius 2 is 1.69 bits per heavy atom. The SMILES string of the molecule is COc1ccc(OC)c(-c2cc(C(=O)N3CCN(c4cc(-c5ccc(F)cc5)ncn4)CC3)[nH]n2)c1. The van der Waals surface area contributed by atoms with Crippen molar-refractivity contribution >= 4 is 11.7 Å². The Labute approximate surface area is 207 Å². The van der Waals surface area contributed by atoms with Crippen molar-refractivity contribution < 1.29 is 18.7 Å². The van der Waals surface area contributed by atoms with Crippen LogP contribution in [-0.4, -0.2) is 71.4 Å². The maximum Gasteiger partial charge on any atom is 0.272 e. The molecule has 10 heteroatoms. The van der Waals surface area contributed by atoms with Gasteiger partial charge in [0.05, 0.1) is 25.6 Å². The van der Waals surface area contributed by atoms with Gasteiger partial charge in [-0.1, -0.05) is 0 Å². The molecule has 2 aromatic carbocycles. The number of aromatic amines is 1. The molecular weight excluding hydrogens is 463 g/mol. The normalized spacial score (nSPS) is 13.5. The van der Waals surface area contributed by atoms with Crippen molar-refractivity contribution in [1.82, 2.24) is 25.1 Å². The van der Waals surface area contributed by atoms with Gasteiger partial charge in [0.15, 0.2) is 0 Å². The van der Waals surface area contributed by atoms with Gasteiger partial charge in [0.1, 0.15) is 35.2 Å². The third-order valence-corrected chi connectivity index (χ3v) is 6.17. The molecule has 5 rings (SSSR count). The first-order chi connectivity index (χ1) is 17.6. The topological polar surface area (TPSA) is 96.5 Å². The van der Waals surface area contributed by atoms with E-state index in [1.165, 1.54) is 18.5 Å². The van der Waals surface area contributed by atoms with Gasteiger partial charge in [-0.25, -0.2) is 14.4 Å². The molecule has 0 bridgehead atoms. The zero-order chi connectivity index (χ0) is 25.1. The third kappa shape index (κ3) is 4.70. The number of carbonyl (C=O) groups excluding carboxylic acids is 1. The molecule has 0 atom stereocenters. The van der Waals surface area contributed by atoms with E-state index in [-0.39, 0.29) is 11.7 Å². The Kier molecular flexibility index (Phi) is 6.48. The number of piperazine rings is 1. The molecule has 1 fully saturated rings. The van der Waals surface area contributed by atoms with Gasteiger partial charge < -0.3 is 19.3 Å². The molecule has 0 spiro atoms. The molecule has 4 aromatic rings. The quantitative estimate of drug-likeness (QED) is 0.443. The van der Waals surface area contributed by atoms with Crippen LogP contribution in [0.4, 0.5) is 10.2 Å². The van der Waals surface area contributed by atoms with Crippen molar-refractivity contribution in [3.8, 4) is 34.0 Å². The molecule has 1 aliphatic rings. The van der Waals surface area contributed by atoms with Gasteiger partial charge in [-0.2, -0.15) is 5.10 Å². The number of aromatic nitrogens is 4. The fourth-order valence-electron chi connectivity index (χ4n) is 4.19.